The number of rotatable bonds is 4. The molecule has 6 heteroatoms. The fraction of sp³-hybridized carbons (Fsp3) is 0.250. The van der Waals surface area contributed by atoms with Crippen LogP contribution in [0.2, 0.25) is 0 Å². The van der Waals surface area contributed by atoms with Crippen molar-refractivity contribution in [2.45, 2.75) is 25.8 Å². The van der Waals surface area contributed by atoms with Gasteiger partial charge in [-0.15, -0.1) is 22.7 Å². The summed E-state index contributed by atoms with van der Waals surface area (Å²) in [5, 5.41) is 9.33. The van der Waals surface area contributed by atoms with Crippen molar-refractivity contribution in [2.75, 3.05) is 5.32 Å². The Hall–Kier alpha value is -1.92. The number of fused-ring (bicyclic) bond motifs is 1. The number of anilines is 1. The van der Waals surface area contributed by atoms with Gasteiger partial charge in [-0.3, -0.25) is 4.79 Å². The molecule has 0 saturated carbocycles. The molecular weight excluding hydrogens is 314 g/mol. The van der Waals surface area contributed by atoms with E-state index in [1.807, 2.05) is 28.3 Å². The summed E-state index contributed by atoms with van der Waals surface area (Å²) in [5.41, 5.74) is 1.35. The Morgan fingerprint density at radius 3 is 3.14 bits per heavy atom. The fourth-order valence-corrected chi connectivity index (χ4v) is 4.57. The number of hydrogen-bond acceptors (Lipinski definition) is 4. The summed E-state index contributed by atoms with van der Waals surface area (Å²) in [4.78, 5) is 15.8. The van der Waals surface area contributed by atoms with Crippen molar-refractivity contribution < 1.29 is 4.79 Å². The molecule has 0 spiro atoms. The van der Waals surface area contributed by atoms with Gasteiger partial charge in [-0.1, -0.05) is 6.07 Å². The average molecular weight is 329 g/mol. The van der Waals surface area contributed by atoms with E-state index in [1.165, 1.54) is 21.7 Å². The molecule has 3 aromatic heterocycles. The maximum absolute atomic E-state index is 12.4. The maximum atomic E-state index is 12.4. The summed E-state index contributed by atoms with van der Waals surface area (Å²) >= 11 is 3.31. The number of hydrogen-bond donors (Lipinski definition) is 1. The van der Waals surface area contributed by atoms with Gasteiger partial charge in [0.05, 0.1) is 17.6 Å². The molecule has 1 aliphatic carbocycles. The van der Waals surface area contributed by atoms with Crippen molar-refractivity contribution in [3.8, 4) is 0 Å². The first kappa shape index (κ1) is 13.7. The molecule has 0 atom stereocenters. The number of thiophene rings is 2. The monoisotopic (exact) mass is 329 g/mol. The molecule has 0 saturated heterocycles. The number of nitrogens with one attached hydrogen (secondary N) is 1. The highest BCUT2D eigenvalue weighted by atomic mass is 32.1. The minimum absolute atomic E-state index is 0.0349. The smallest absolute Gasteiger partial charge is 0.266 e. The van der Waals surface area contributed by atoms with Crippen molar-refractivity contribution in [1.82, 2.24) is 9.78 Å². The summed E-state index contributed by atoms with van der Waals surface area (Å²) in [6, 6.07) is 7.98. The maximum Gasteiger partial charge on any atom is 0.266 e. The number of nitrogens with zero attached hydrogens (tertiary/aromatic N) is 2. The van der Waals surface area contributed by atoms with E-state index in [-0.39, 0.29) is 5.91 Å². The number of carbonyl (C=O) groups is 1. The summed E-state index contributed by atoms with van der Waals surface area (Å²) in [6.07, 6.45) is 5.16. The third-order valence-corrected chi connectivity index (χ3v) is 5.91. The number of aryl methyl sites for hydroxylation is 2. The second kappa shape index (κ2) is 5.70. The lowest BCUT2D eigenvalue weighted by atomic mass is 10.2. The highest BCUT2D eigenvalue weighted by molar-refractivity contribution is 7.14. The zero-order chi connectivity index (χ0) is 14.9. The first-order valence-corrected chi connectivity index (χ1v) is 8.96. The highest BCUT2D eigenvalue weighted by Crippen LogP contribution is 2.31. The van der Waals surface area contributed by atoms with Crippen LogP contribution in [0.3, 0.4) is 0 Å². The van der Waals surface area contributed by atoms with Crippen molar-refractivity contribution >= 4 is 34.4 Å². The molecule has 1 N–H and O–H groups in total. The molecule has 1 amide bonds. The lowest BCUT2D eigenvalue weighted by Crippen LogP contribution is -2.15. The molecular formula is C16H15N3OS2. The van der Waals surface area contributed by atoms with Gasteiger partial charge in [-0.05, 0) is 42.3 Å². The van der Waals surface area contributed by atoms with Gasteiger partial charge in [0, 0.05) is 15.8 Å². The van der Waals surface area contributed by atoms with E-state index in [1.54, 1.807) is 28.9 Å². The normalized spacial score (nSPS) is 13.3. The lowest BCUT2D eigenvalue weighted by molar-refractivity contribution is 0.102. The average Bonchev–Trinajstić information content (AvgIpc) is 3.22. The van der Waals surface area contributed by atoms with Crippen LogP contribution >= 0.6 is 22.7 Å². The van der Waals surface area contributed by atoms with Gasteiger partial charge in [-0.25, -0.2) is 4.68 Å². The Morgan fingerprint density at radius 1 is 1.36 bits per heavy atom. The Balaban J connectivity index is 1.51. The fourth-order valence-electron chi connectivity index (χ4n) is 2.73. The van der Waals surface area contributed by atoms with E-state index in [0.717, 1.165) is 23.5 Å². The number of carbonyl (C=O) groups excluding carboxylic acids is 1. The predicted molar refractivity (Wildman–Crippen MR) is 89.9 cm³/mol. The van der Waals surface area contributed by atoms with E-state index < -0.39 is 0 Å². The zero-order valence-corrected chi connectivity index (χ0v) is 13.5. The summed E-state index contributed by atoms with van der Waals surface area (Å²) in [6.45, 7) is 0.682. The van der Waals surface area contributed by atoms with Gasteiger partial charge in [0.15, 0.2) is 0 Å². The van der Waals surface area contributed by atoms with Gasteiger partial charge >= 0.3 is 0 Å². The van der Waals surface area contributed by atoms with Gasteiger partial charge in [-0.2, -0.15) is 5.10 Å². The summed E-state index contributed by atoms with van der Waals surface area (Å²) in [7, 11) is 0. The van der Waals surface area contributed by atoms with Crippen LogP contribution in [0.5, 0.6) is 0 Å². The number of aromatic nitrogens is 2. The molecule has 112 valence electrons. The van der Waals surface area contributed by atoms with Crippen LogP contribution in [0.1, 0.15) is 31.4 Å². The molecule has 0 unspecified atom stereocenters. The topological polar surface area (TPSA) is 46.9 Å². The SMILES string of the molecule is O=C(Nc1ccnn1Cc1cccs1)c1cc2c(s1)CCC2. The molecule has 0 aliphatic heterocycles. The molecule has 0 aromatic carbocycles. The van der Waals surface area contributed by atoms with Crippen molar-refractivity contribution in [2.24, 2.45) is 0 Å². The summed E-state index contributed by atoms with van der Waals surface area (Å²) < 4.78 is 1.82. The van der Waals surface area contributed by atoms with Crippen LogP contribution in [0.15, 0.2) is 35.8 Å². The largest absolute Gasteiger partial charge is 0.306 e. The lowest BCUT2D eigenvalue weighted by Gasteiger charge is -2.07. The first-order chi connectivity index (χ1) is 10.8. The molecule has 0 fully saturated rings. The van der Waals surface area contributed by atoms with Gasteiger partial charge in [0.25, 0.3) is 5.91 Å². The molecule has 0 radical (unpaired) electrons. The summed E-state index contributed by atoms with van der Waals surface area (Å²) in [5.74, 6) is 0.708. The quantitative estimate of drug-likeness (QED) is 0.791. The van der Waals surface area contributed by atoms with Gasteiger partial charge in [0.2, 0.25) is 0 Å². The van der Waals surface area contributed by atoms with Crippen LogP contribution in [0.4, 0.5) is 5.82 Å². The first-order valence-electron chi connectivity index (χ1n) is 7.27. The van der Waals surface area contributed by atoms with E-state index in [0.29, 0.717) is 6.54 Å². The Bertz CT molecular complexity index is 780. The third kappa shape index (κ3) is 2.60. The van der Waals surface area contributed by atoms with Crippen LogP contribution in [-0.2, 0) is 19.4 Å². The van der Waals surface area contributed by atoms with Gasteiger partial charge in [0.1, 0.15) is 5.82 Å². The van der Waals surface area contributed by atoms with Crippen LogP contribution < -0.4 is 5.32 Å². The van der Waals surface area contributed by atoms with Crippen LogP contribution in [0.25, 0.3) is 0 Å². The number of amides is 1. The van der Waals surface area contributed by atoms with Crippen molar-refractivity contribution in [3.05, 3.63) is 56.0 Å². The van der Waals surface area contributed by atoms with Crippen LogP contribution in [-0.4, -0.2) is 15.7 Å². The molecule has 3 heterocycles. The highest BCUT2D eigenvalue weighted by Gasteiger charge is 2.19. The molecule has 4 rings (SSSR count). The standard InChI is InChI=1S/C16H15N3OS2/c20-16(14-9-11-3-1-5-13(11)22-14)18-15-6-7-17-19(15)10-12-4-2-8-21-12/h2,4,6-9H,1,3,5,10H2,(H,18,20). The molecule has 0 bridgehead atoms. The van der Waals surface area contributed by atoms with Crippen LogP contribution in [0, 0.1) is 0 Å². The van der Waals surface area contributed by atoms with Crippen molar-refractivity contribution in [1.29, 1.82) is 0 Å². The second-order valence-corrected chi connectivity index (χ2v) is 7.49. The molecule has 3 aromatic rings. The molecule has 22 heavy (non-hydrogen) atoms. The minimum atomic E-state index is -0.0349. The Kier molecular flexibility index (Phi) is 3.56. The van der Waals surface area contributed by atoms with E-state index in [2.05, 4.69) is 16.5 Å². The Morgan fingerprint density at radius 2 is 2.32 bits per heavy atom. The van der Waals surface area contributed by atoms with E-state index in [9.17, 15) is 4.79 Å². The second-order valence-electron chi connectivity index (χ2n) is 5.32. The minimum Gasteiger partial charge on any atom is -0.306 e. The van der Waals surface area contributed by atoms with Crippen molar-refractivity contribution in [3.63, 3.8) is 0 Å². The molecule has 1 aliphatic rings. The zero-order valence-electron chi connectivity index (χ0n) is 11.9. The predicted octanol–water partition coefficient (Wildman–Crippen LogP) is 3.80. The van der Waals surface area contributed by atoms with E-state index >= 15 is 0 Å². The van der Waals surface area contributed by atoms with E-state index in [4.69, 9.17) is 0 Å². The Labute approximate surface area is 136 Å². The third-order valence-electron chi connectivity index (χ3n) is 3.81. The van der Waals surface area contributed by atoms with Gasteiger partial charge < -0.3 is 5.32 Å². The molecule has 4 nitrogen and oxygen atoms in total.